The highest BCUT2D eigenvalue weighted by molar-refractivity contribution is 7.21. The zero-order valence-corrected chi connectivity index (χ0v) is 14.5. The van der Waals surface area contributed by atoms with Crippen molar-refractivity contribution in [3.05, 3.63) is 52.9 Å². The van der Waals surface area contributed by atoms with Crippen molar-refractivity contribution in [2.75, 3.05) is 24.5 Å². The largest absolute Gasteiger partial charge is 0.324 e. The molecule has 2 aromatic heterocycles. The minimum Gasteiger partial charge on any atom is -0.323 e. The second kappa shape index (κ2) is 6.25. The van der Waals surface area contributed by atoms with Gasteiger partial charge in [-0.3, -0.25) is 14.7 Å². The Morgan fingerprint density at radius 2 is 2.00 bits per heavy atom. The average Bonchev–Trinajstić information content (AvgIpc) is 3.02. The van der Waals surface area contributed by atoms with Crippen LogP contribution in [0.2, 0.25) is 0 Å². The average molecular weight is 352 g/mol. The minimum atomic E-state index is -0.258. The van der Waals surface area contributed by atoms with E-state index in [0.29, 0.717) is 35.7 Å². The first-order chi connectivity index (χ1) is 12.2. The van der Waals surface area contributed by atoms with Gasteiger partial charge in [0.05, 0.1) is 5.39 Å². The molecule has 2 amide bonds. The number of anilines is 1. The topological polar surface area (TPSA) is 66.4 Å². The maximum atomic E-state index is 12.4. The van der Waals surface area contributed by atoms with Crippen LogP contribution in [0, 0.1) is 0 Å². The number of fused-ring (bicyclic) bond motifs is 1. The summed E-state index contributed by atoms with van der Waals surface area (Å²) in [4.78, 5) is 36.7. The highest BCUT2D eigenvalue weighted by Gasteiger charge is 2.28. The molecule has 0 spiro atoms. The van der Waals surface area contributed by atoms with Crippen LogP contribution in [0.25, 0.3) is 20.8 Å². The fourth-order valence-electron chi connectivity index (χ4n) is 2.94. The Labute approximate surface area is 148 Å². The summed E-state index contributed by atoms with van der Waals surface area (Å²) in [7, 11) is 0. The highest BCUT2D eigenvalue weighted by atomic mass is 32.1. The molecule has 4 rings (SSSR count). The van der Waals surface area contributed by atoms with Gasteiger partial charge in [0, 0.05) is 36.2 Å². The Hall–Kier alpha value is -2.80. The van der Waals surface area contributed by atoms with E-state index < -0.39 is 0 Å². The summed E-state index contributed by atoms with van der Waals surface area (Å²) in [5.41, 5.74) is 1.12. The molecule has 1 aliphatic heterocycles. The summed E-state index contributed by atoms with van der Waals surface area (Å²) < 4.78 is 0.874. The smallest absolute Gasteiger partial charge is 0.323 e. The van der Waals surface area contributed by atoms with Crippen LogP contribution >= 0.6 is 11.3 Å². The van der Waals surface area contributed by atoms with E-state index in [1.165, 1.54) is 11.3 Å². The first-order valence-electron chi connectivity index (χ1n) is 8.10. The summed E-state index contributed by atoms with van der Waals surface area (Å²) in [6.45, 7) is 4.03. The van der Waals surface area contributed by atoms with Crippen LogP contribution in [0.5, 0.6) is 0 Å². The molecule has 0 aliphatic carbocycles. The van der Waals surface area contributed by atoms with Crippen LogP contribution in [-0.4, -0.2) is 40.5 Å². The van der Waals surface area contributed by atoms with E-state index in [0.717, 1.165) is 10.4 Å². The summed E-state index contributed by atoms with van der Waals surface area (Å²) in [5, 5.41) is 1.17. The summed E-state index contributed by atoms with van der Waals surface area (Å²) in [6.07, 6.45) is 1.65. The van der Waals surface area contributed by atoms with Crippen LogP contribution in [-0.2, 0) is 0 Å². The number of aromatic nitrogens is 2. The molecule has 25 heavy (non-hydrogen) atoms. The summed E-state index contributed by atoms with van der Waals surface area (Å²) in [6, 6.07) is 11.0. The van der Waals surface area contributed by atoms with Gasteiger partial charge in [0.25, 0.3) is 5.56 Å². The van der Waals surface area contributed by atoms with Crippen molar-refractivity contribution in [2.45, 2.75) is 6.92 Å². The van der Waals surface area contributed by atoms with Gasteiger partial charge in [0.1, 0.15) is 10.7 Å². The summed E-state index contributed by atoms with van der Waals surface area (Å²) in [5.74, 6) is 0. The van der Waals surface area contributed by atoms with Crippen LogP contribution in [0.1, 0.15) is 6.92 Å². The van der Waals surface area contributed by atoms with E-state index in [4.69, 9.17) is 0 Å². The van der Waals surface area contributed by atoms with Crippen LogP contribution in [0.15, 0.2) is 47.4 Å². The number of pyridine rings is 1. The van der Waals surface area contributed by atoms with Gasteiger partial charge in [0.2, 0.25) is 0 Å². The Morgan fingerprint density at radius 1 is 1.16 bits per heavy atom. The number of benzene rings is 1. The lowest BCUT2D eigenvalue weighted by Crippen LogP contribution is -2.31. The van der Waals surface area contributed by atoms with Gasteiger partial charge in [-0.2, -0.15) is 4.98 Å². The molecule has 0 N–H and O–H groups in total. The molecular weight excluding hydrogens is 336 g/mol. The lowest BCUT2D eigenvalue weighted by Gasteiger charge is -2.17. The van der Waals surface area contributed by atoms with Crippen molar-refractivity contribution < 1.29 is 4.79 Å². The van der Waals surface area contributed by atoms with Crippen molar-refractivity contribution in [1.82, 2.24) is 14.9 Å². The van der Waals surface area contributed by atoms with Gasteiger partial charge in [-0.25, -0.2) is 4.79 Å². The molecule has 1 aromatic carbocycles. The van der Waals surface area contributed by atoms with E-state index in [-0.39, 0.29) is 11.6 Å². The minimum absolute atomic E-state index is 0.000641. The molecule has 0 atom stereocenters. The number of carbonyl (C=O) groups is 1. The molecule has 0 saturated carbocycles. The monoisotopic (exact) mass is 352 g/mol. The Bertz CT molecular complexity index is 1020. The number of nitrogens with zero attached hydrogens (tertiary/aromatic N) is 4. The van der Waals surface area contributed by atoms with Gasteiger partial charge in [0.15, 0.2) is 0 Å². The van der Waals surface area contributed by atoms with Crippen molar-refractivity contribution >= 4 is 33.1 Å². The van der Waals surface area contributed by atoms with E-state index in [1.54, 1.807) is 22.1 Å². The predicted octanol–water partition coefficient (Wildman–Crippen LogP) is 2.98. The molecular formula is C18H16N4O2S. The molecule has 0 radical (unpaired) electrons. The Morgan fingerprint density at radius 3 is 2.80 bits per heavy atom. The number of urea groups is 1. The fraction of sp³-hybridized carbons (Fsp3) is 0.222. The first-order valence-corrected chi connectivity index (χ1v) is 8.92. The van der Waals surface area contributed by atoms with Gasteiger partial charge in [-0.05, 0) is 31.2 Å². The Kier molecular flexibility index (Phi) is 3.93. The maximum absolute atomic E-state index is 12.4. The van der Waals surface area contributed by atoms with Crippen molar-refractivity contribution in [3.8, 4) is 10.7 Å². The maximum Gasteiger partial charge on any atom is 0.324 e. The number of likely N-dealkylation sites (N-methyl/N-ethyl adjacent to an activating group) is 1. The molecule has 3 heterocycles. The molecule has 1 saturated heterocycles. The second-order valence-corrected chi connectivity index (χ2v) is 6.76. The van der Waals surface area contributed by atoms with E-state index in [1.807, 2.05) is 37.3 Å². The van der Waals surface area contributed by atoms with Crippen molar-refractivity contribution in [1.29, 1.82) is 0 Å². The van der Waals surface area contributed by atoms with Gasteiger partial charge in [-0.1, -0.05) is 12.1 Å². The molecule has 7 heteroatoms. The lowest BCUT2D eigenvalue weighted by molar-refractivity contribution is 0.223. The number of amides is 2. The third-order valence-electron chi connectivity index (χ3n) is 4.28. The van der Waals surface area contributed by atoms with Crippen molar-refractivity contribution in [3.63, 3.8) is 0 Å². The number of rotatable bonds is 3. The number of hydrogen-bond donors (Lipinski definition) is 0. The molecule has 3 aromatic rings. The molecule has 6 nitrogen and oxygen atoms in total. The van der Waals surface area contributed by atoms with E-state index in [9.17, 15) is 9.59 Å². The van der Waals surface area contributed by atoms with Crippen LogP contribution < -0.4 is 10.5 Å². The zero-order chi connectivity index (χ0) is 17.4. The number of carbonyl (C=O) groups excluding carboxylic acids is 1. The molecule has 1 fully saturated rings. The van der Waals surface area contributed by atoms with Gasteiger partial charge >= 0.3 is 6.03 Å². The molecule has 1 aliphatic rings. The third-order valence-corrected chi connectivity index (χ3v) is 5.35. The SMILES string of the molecule is CCN1CCN(c2ccnc(-c3nc(=O)c4ccccc4s3)c2)C1=O. The fourth-order valence-corrected chi connectivity index (χ4v) is 3.91. The first kappa shape index (κ1) is 15.7. The van der Waals surface area contributed by atoms with Gasteiger partial charge in [-0.15, -0.1) is 11.3 Å². The standard InChI is InChI=1S/C18H16N4O2S/c1-2-21-9-10-22(18(21)24)12-7-8-19-14(11-12)17-20-16(23)13-5-3-4-6-15(13)25-17/h3-8,11H,2,9-10H2,1H3. The van der Waals surface area contributed by atoms with E-state index >= 15 is 0 Å². The highest BCUT2D eigenvalue weighted by Crippen LogP contribution is 2.28. The Balaban J connectivity index is 1.75. The van der Waals surface area contributed by atoms with Crippen LogP contribution in [0.3, 0.4) is 0 Å². The van der Waals surface area contributed by atoms with Crippen molar-refractivity contribution in [2.24, 2.45) is 0 Å². The molecule has 0 unspecified atom stereocenters. The van der Waals surface area contributed by atoms with Gasteiger partial charge < -0.3 is 4.90 Å². The quantitative estimate of drug-likeness (QED) is 0.727. The lowest BCUT2D eigenvalue weighted by atomic mass is 10.3. The third kappa shape index (κ3) is 2.76. The number of hydrogen-bond acceptors (Lipinski definition) is 5. The second-order valence-electron chi connectivity index (χ2n) is 5.73. The van der Waals surface area contributed by atoms with E-state index in [2.05, 4.69) is 9.97 Å². The molecule has 126 valence electrons. The summed E-state index contributed by atoms with van der Waals surface area (Å²) >= 11 is 1.42. The predicted molar refractivity (Wildman–Crippen MR) is 99.1 cm³/mol. The van der Waals surface area contributed by atoms with Crippen LogP contribution in [0.4, 0.5) is 10.5 Å². The zero-order valence-electron chi connectivity index (χ0n) is 13.7. The normalized spacial score (nSPS) is 14.5. The molecule has 0 bridgehead atoms.